The largest absolute Gasteiger partial charge is 1.00 e. The van der Waals surface area contributed by atoms with Crippen LogP contribution in [0.2, 0.25) is 0 Å². The number of rotatable bonds is 7. The van der Waals surface area contributed by atoms with Crippen LogP contribution < -0.4 is 29.6 Å². The molecule has 4 aliphatic rings. The third-order valence-corrected chi connectivity index (χ3v) is 11.0. The SMILES string of the molecule is CC(C)[C@H](O)C(=O)C[C@@H](C)[C@H]1CC[C@H]2[C@@H]3C[C@H](O)[C@H]4C[C@@H](OS(=O)(=O)[O-])CC[C@]4(C)C3=CC[C@]12C.[Na+]. The Morgan fingerprint density at radius 3 is 2.44 bits per heavy atom. The summed E-state index contributed by atoms with van der Waals surface area (Å²) in [6, 6.07) is 0. The predicted molar refractivity (Wildman–Crippen MR) is 131 cm³/mol. The summed E-state index contributed by atoms with van der Waals surface area (Å²) < 4.78 is 38.2. The van der Waals surface area contributed by atoms with Crippen molar-refractivity contribution in [2.45, 2.75) is 104 Å². The molecule has 0 aliphatic heterocycles. The molecule has 0 spiro atoms. The van der Waals surface area contributed by atoms with Gasteiger partial charge >= 0.3 is 29.6 Å². The molecule has 10 atom stereocenters. The molecule has 0 bridgehead atoms. The van der Waals surface area contributed by atoms with Gasteiger partial charge in [0.05, 0.1) is 12.2 Å². The number of Topliss-reactive ketones (excluding diaryl/α,β-unsaturated/α-hetero) is 1. The molecule has 0 heterocycles. The Hall–Kier alpha value is 0.200. The number of hydrogen-bond donors (Lipinski definition) is 2. The number of aliphatic hydroxyl groups is 2. The van der Waals surface area contributed by atoms with E-state index in [9.17, 15) is 28.0 Å². The average molecular weight is 535 g/mol. The Morgan fingerprint density at radius 2 is 1.83 bits per heavy atom. The molecule has 4 rings (SSSR count). The normalized spacial score (nSPS) is 41.9. The summed E-state index contributed by atoms with van der Waals surface area (Å²) in [6.07, 6.45) is 5.95. The molecule has 4 aliphatic carbocycles. The molecule has 36 heavy (non-hydrogen) atoms. The van der Waals surface area contributed by atoms with Crippen molar-refractivity contribution in [2.24, 2.45) is 46.3 Å². The van der Waals surface area contributed by atoms with E-state index in [2.05, 4.69) is 26.8 Å². The molecule has 3 saturated carbocycles. The van der Waals surface area contributed by atoms with Gasteiger partial charge in [0.1, 0.15) is 6.10 Å². The molecular formula is C27H43NaO7S. The van der Waals surface area contributed by atoms with Crippen LogP contribution >= 0.6 is 0 Å². The van der Waals surface area contributed by atoms with Gasteiger partial charge in [-0.05, 0) is 91.3 Å². The van der Waals surface area contributed by atoms with Crippen molar-refractivity contribution in [1.29, 1.82) is 0 Å². The van der Waals surface area contributed by atoms with Crippen LogP contribution in [0.25, 0.3) is 0 Å². The second-order valence-electron chi connectivity index (χ2n) is 12.8. The molecule has 0 aromatic heterocycles. The summed E-state index contributed by atoms with van der Waals surface area (Å²) in [5.74, 6) is 1.04. The number of carbonyl (C=O) groups excluding carboxylic acids is 1. The number of fused-ring (bicyclic) bond motifs is 5. The van der Waals surface area contributed by atoms with Crippen LogP contribution in [0.15, 0.2) is 11.6 Å². The van der Waals surface area contributed by atoms with Gasteiger partial charge in [0.15, 0.2) is 5.78 Å². The van der Waals surface area contributed by atoms with Gasteiger partial charge in [0, 0.05) is 6.42 Å². The Bertz CT molecular complexity index is 965. The Kier molecular flexibility index (Phi) is 9.39. The van der Waals surface area contributed by atoms with Gasteiger partial charge in [-0.3, -0.25) is 8.98 Å². The van der Waals surface area contributed by atoms with Crippen molar-refractivity contribution < 1.29 is 61.7 Å². The smallest absolute Gasteiger partial charge is 0.726 e. The second-order valence-corrected chi connectivity index (χ2v) is 13.8. The predicted octanol–water partition coefficient (Wildman–Crippen LogP) is 0.998. The van der Waals surface area contributed by atoms with Crippen LogP contribution in [0.5, 0.6) is 0 Å². The van der Waals surface area contributed by atoms with Crippen molar-refractivity contribution >= 4 is 16.2 Å². The van der Waals surface area contributed by atoms with Crippen LogP contribution in [0.1, 0.15) is 86.0 Å². The molecule has 0 saturated heterocycles. The van der Waals surface area contributed by atoms with E-state index in [0.717, 1.165) is 19.3 Å². The van der Waals surface area contributed by atoms with E-state index in [-0.39, 0.29) is 69.8 Å². The van der Waals surface area contributed by atoms with E-state index in [1.165, 1.54) is 5.57 Å². The Morgan fingerprint density at radius 1 is 1.17 bits per heavy atom. The van der Waals surface area contributed by atoms with E-state index in [1.807, 2.05) is 13.8 Å². The molecular weight excluding hydrogens is 491 g/mol. The van der Waals surface area contributed by atoms with Crippen LogP contribution in [-0.2, 0) is 19.4 Å². The summed E-state index contributed by atoms with van der Waals surface area (Å²) in [7, 11) is -4.76. The van der Waals surface area contributed by atoms with Crippen LogP contribution in [0.3, 0.4) is 0 Å². The Balaban J connectivity index is 0.00000361. The van der Waals surface area contributed by atoms with Crippen LogP contribution in [0.4, 0.5) is 0 Å². The maximum absolute atomic E-state index is 12.6. The third-order valence-electron chi connectivity index (χ3n) is 10.5. The Labute approximate surface area is 239 Å². The van der Waals surface area contributed by atoms with E-state index in [0.29, 0.717) is 43.9 Å². The topological polar surface area (TPSA) is 124 Å². The molecule has 200 valence electrons. The zero-order chi connectivity index (χ0) is 25.9. The summed E-state index contributed by atoms with van der Waals surface area (Å²) >= 11 is 0. The van der Waals surface area contributed by atoms with Gasteiger partial charge in [-0.1, -0.05) is 46.3 Å². The van der Waals surface area contributed by atoms with E-state index >= 15 is 0 Å². The second kappa shape index (κ2) is 11.0. The first-order valence-electron chi connectivity index (χ1n) is 13.4. The summed E-state index contributed by atoms with van der Waals surface area (Å²) in [6.45, 7) is 10.4. The van der Waals surface area contributed by atoms with Crippen molar-refractivity contribution in [3.05, 3.63) is 11.6 Å². The summed E-state index contributed by atoms with van der Waals surface area (Å²) in [5.41, 5.74) is 1.23. The van der Waals surface area contributed by atoms with Gasteiger partial charge in [0.25, 0.3) is 0 Å². The molecule has 9 heteroatoms. The fourth-order valence-electron chi connectivity index (χ4n) is 8.72. The molecule has 3 fully saturated rings. The minimum absolute atomic E-state index is 0. The van der Waals surface area contributed by atoms with Crippen molar-refractivity contribution in [2.75, 3.05) is 0 Å². The first-order chi connectivity index (χ1) is 16.2. The van der Waals surface area contributed by atoms with E-state index < -0.39 is 28.7 Å². The monoisotopic (exact) mass is 534 g/mol. The quantitative estimate of drug-likeness (QED) is 0.216. The molecule has 0 aromatic carbocycles. The fourth-order valence-corrected chi connectivity index (χ4v) is 9.22. The first kappa shape index (κ1) is 30.7. The van der Waals surface area contributed by atoms with Crippen LogP contribution in [0, 0.1) is 46.3 Å². The van der Waals surface area contributed by atoms with Gasteiger partial charge < -0.3 is 14.8 Å². The molecule has 0 aromatic rings. The van der Waals surface area contributed by atoms with Crippen molar-refractivity contribution in [3.63, 3.8) is 0 Å². The zero-order valence-electron chi connectivity index (χ0n) is 22.8. The van der Waals surface area contributed by atoms with Gasteiger partial charge in [-0.2, -0.15) is 0 Å². The van der Waals surface area contributed by atoms with Crippen LogP contribution in [-0.4, -0.2) is 47.3 Å². The summed E-state index contributed by atoms with van der Waals surface area (Å²) in [4.78, 5) is 12.6. The minimum atomic E-state index is -4.76. The standard InChI is InChI=1S/C27H44O7S.Na/c1-15(2)25(30)24(29)12-16(3)19-6-7-20-18-14-23(28)22-13-17(34-35(31,32)33)8-10-27(22,5)21(18)9-11-26(19,20)4;/h9,15-20,22-23,25,28,30H,6-8,10-14H2,1-5H3,(H,31,32,33);/q;+1/p-1/t16-,17+,18+,19-,20+,22-,23+,25+,26-,27-;/m1./s1. The van der Waals surface area contributed by atoms with E-state index in [1.54, 1.807) is 0 Å². The minimum Gasteiger partial charge on any atom is -0.726 e. The maximum Gasteiger partial charge on any atom is 1.00 e. The third kappa shape index (κ3) is 5.58. The van der Waals surface area contributed by atoms with Gasteiger partial charge in [-0.25, -0.2) is 8.42 Å². The van der Waals surface area contributed by atoms with E-state index in [4.69, 9.17) is 4.18 Å². The number of carbonyl (C=O) groups is 1. The van der Waals surface area contributed by atoms with Crippen molar-refractivity contribution in [1.82, 2.24) is 0 Å². The fraction of sp³-hybridized carbons (Fsp3) is 0.889. The number of aliphatic hydroxyl groups excluding tert-OH is 2. The van der Waals surface area contributed by atoms with Gasteiger partial charge in [-0.15, -0.1) is 0 Å². The molecule has 0 unspecified atom stereocenters. The van der Waals surface area contributed by atoms with Crippen molar-refractivity contribution in [3.8, 4) is 0 Å². The molecule has 0 radical (unpaired) electrons. The number of allylic oxidation sites excluding steroid dienone is 2. The maximum atomic E-state index is 12.6. The first-order valence-corrected chi connectivity index (χ1v) is 14.7. The summed E-state index contributed by atoms with van der Waals surface area (Å²) in [5, 5.41) is 21.5. The number of ketones is 1. The zero-order valence-corrected chi connectivity index (χ0v) is 25.6. The number of hydrogen-bond acceptors (Lipinski definition) is 7. The van der Waals surface area contributed by atoms with Gasteiger partial charge in [0.2, 0.25) is 10.4 Å². The molecule has 2 N–H and O–H groups in total. The molecule has 7 nitrogen and oxygen atoms in total. The average Bonchev–Trinajstić information content (AvgIpc) is 3.10. The molecule has 0 amide bonds.